The molecule has 1 heterocycles. The van der Waals surface area contributed by atoms with Crippen molar-refractivity contribution in [2.24, 2.45) is 0 Å². The van der Waals surface area contributed by atoms with E-state index >= 15 is 0 Å². The van der Waals surface area contributed by atoms with Crippen LogP contribution >= 0.6 is 0 Å². The standard InChI is InChI=1S/C12H19N3/c1-4-13-11(7-6-10(2)3)12-14-8-5-9-15-12/h5,8-9,11,13H,2,4,6-7H2,1,3H3. The van der Waals surface area contributed by atoms with Gasteiger partial charge in [0.05, 0.1) is 6.04 Å². The first kappa shape index (κ1) is 11.9. The molecule has 1 rings (SSSR count). The quantitative estimate of drug-likeness (QED) is 0.725. The van der Waals surface area contributed by atoms with E-state index in [1.807, 2.05) is 6.07 Å². The Balaban J connectivity index is 2.61. The highest BCUT2D eigenvalue weighted by Gasteiger charge is 2.11. The summed E-state index contributed by atoms with van der Waals surface area (Å²) in [5.74, 6) is 0.876. The summed E-state index contributed by atoms with van der Waals surface area (Å²) in [7, 11) is 0. The lowest BCUT2D eigenvalue weighted by Crippen LogP contribution is -2.22. The molecule has 0 aliphatic carbocycles. The molecule has 0 radical (unpaired) electrons. The first-order chi connectivity index (χ1) is 7.24. The second kappa shape index (κ2) is 6.30. The molecule has 1 aromatic rings. The first-order valence-electron chi connectivity index (χ1n) is 5.38. The van der Waals surface area contributed by atoms with Crippen molar-refractivity contribution in [3.05, 3.63) is 36.4 Å². The average Bonchev–Trinajstić information content (AvgIpc) is 2.25. The molecule has 0 aliphatic heterocycles. The van der Waals surface area contributed by atoms with Gasteiger partial charge in [0.1, 0.15) is 5.82 Å². The maximum absolute atomic E-state index is 4.27. The Morgan fingerprint density at radius 1 is 1.47 bits per heavy atom. The van der Waals surface area contributed by atoms with Crippen LogP contribution in [0.3, 0.4) is 0 Å². The molecule has 1 N–H and O–H groups in total. The van der Waals surface area contributed by atoms with E-state index in [0.29, 0.717) is 0 Å². The second-order valence-electron chi connectivity index (χ2n) is 3.71. The number of nitrogens with one attached hydrogen (secondary N) is 1. The maximum atomic E-state index is 4.27. The van der Waals surface area contributed by atoms with Crippen LogP contribution in [0.1, 0.15) is 38.6 Å². The summed E-state index contributed by atoms with van der Waals surface area (Å²) in [6.45, 7) is 8.99. The number of aromatic nitrogens is 2. The fraction of sp³-hybridized carbons (Fsp3) is 0.500. The lowest BCUT2D eigenvalue weighted by Gasteiger charge is -2.15. The predicted octanol–water partition coefficient (Wildman–Crippen LogP) is 2.48. The third-order valence-corrected chi connectivity index (χ3v) is 2.21. The van der Waals surface area contributed by atoms with Gasteiger partial charge >= 0.3 is 0 Å². The van der Waals surface area contributed by atoms with E-state index in [4.69, 9.17) is 0 Å². The average molecular weight is 205 g/mol. The van der Waals surface area contributed by atoms with Crippen LogP contribution < -0.4 is 5.32 Å². The van der Waals surface area contributed by atoms with Crippen LogP contribution in [0, 0.1) is 0 Å². The highest BCUT2D eigenvalue weighted by Crippen LogP contribution is 2.16. The lowest BCUT2D eigenvalue weighted by atomic mass is 10.1. The van der Waals surface area contributed by atoms with Crippen LogP contribution in [0.2, 0.25) is 0 Å². The van der Waals surface area contributed by atoms with Crippen LogP contribution in [-0.2, 0) is 0 Å². The van der Waals surface area contributed by atoms with Crippen LogP contribution in [-0.4, -0.2) is 16.5 Å². The van der Waals surface area contributed by atoms with Crippen molar-refractivity contribution in [3.8, 4) is 0 Å². The smallest absolute Gasteiger partial charge is 0.145 e. The van der Waals surface area contributed by atoms with E-state index in [1.165, 1.54) is 5.57 Å². The zero-order chi connectivity index (χ0) is 11.1. The van der Waals surface area contributed by atoms with Crippen LogP contribution in [0.25, 0.3) is 0 Å². The van der Waals surface area contributed by atoms with Gasteiger partial charge in [-0.3, -0.25) is 0 Å². The van der Waals surface area contributed by atoms with E-state index in [-0.39, 0.29) is 6.04 Å². The zero-order valence-electron chi connectivity index (χ0n) is 9.53. The van der Waals surface area contributed by atoms with Crippen LogP contribution in [0.4, 0.5) is 0 Å². The molecule has 1 unspecified atom stereocenters. The molecule has 0 aliphatic rings. The monoisotopic (exact) mass is 205 g/mol. The Bertz CT molecular complexity index is 295. The molecule has 1 atom stereocenters. The maximum Gasteiger partial charge on any atom is 0.145 e. The van der Waals surface area contributed by atoms with Crippen molar-refractivity contribution in [1.29, 1.82) is 0 Å². The van der Waals surface area contributed by atoms with Gasteiger partial charge in [-0.2, -0.15) is 0 Å². The molecule has 3 heteroatoms. The van der Waals surface area contributed by atoms with Crippen molar-refractivity contribution in [3.63, 3.8) is 0 Å². The molecule has 0 spiro atoms. The van der Waals surface area contributed by atoms with Crippen LogP contribution in [0.5, 0.6) is 0 Å². The molecule has 0 aromatic carbocycles. The number of allylic oxidation sites excluding steroid dienone is 1. The van der Waals surface area contributed by atoms with Gasteiger partial charge in [0.2, 0.25) is 0 Å². The Morgan fingerprint density at radius 2 is 2.13 bits per heavy atom. The Kier molecular flexibility index (Phi) is 4.98. The Morgan fingerprint density at radius 3 is 2.67 bits per heavy atom. The summed E-state index contributed by atoms with van der Waals surface area (Å²) in [5, 5.41) is 3.39. The summed E-state index contributed by atoms with van der Waals surface area (Å²) in [6, 6.07) is 2.08. The SMILES string of the molecule is C=C(C)CCC(NCC)c1ncccn1. The zero-order valence-corrected chi connectivity index (χ0v) is 9.53. The molecule has 0 fully saturated rings. The largest absolute Gasteiger partial charge is 0.308 e. The van der Waals surface area contributed by atoms with Gasteiger partial charge in [0.15, 0.2) is 0 Å². The van der Waals surface area contributed by atoms with E-state index in [9.17, 15) is 0 Å². The van der Waals surface area contributed by atoms with Crippen molar-refractivity contribution < 1.29 is 0 Å². The summed E-state index contributed by atoms with van der Waals surface area (Å²) >= 11 is 0. The molecule has 0 amide bonds. The minimum absolute atomic E-state index is 0.243. The van der Waals surface area contributed by atoms with Crippen molar-refractivity contribution in [1.82, 2.24) is 15.3 Å². The van der Waals surface area contributed by atoms with Gasteiger partial charge in [0, 0.05) is 12.4 Å². The highest BCUT2D eigenvalue weighted by molar-refractivity contribution is 4.98. The summed E-state index contributed by atoms with van der Waals surface area (Å²) in [6.07, 6.45) is 5.59. The lowest BCUT2D eigenvalue weighted by molar-refractivity contribution is 0.490. The second-order valence-corrected chi connectivity index (χ2v) is 3.71. The predicted molar refractivity (Wildman–Crippen MR) is 62.5 cm³/mol. The van der Waals surface area contributed by atoms with E-state index in [0.717, 1.165) is 25.2 Å². The molecule has 82 valence electrons. The summed E-state index contributed by atoms with van der Waals surface area (Å²) in [4.78, 5) is 8.54. The van der Waals surface area contributed by atoms with Crippen molar-refractivity contribution >= 4 is 0 Å². The Hall–Kier alpha value is -1.22. The summed E-state index contributed by atoms with van der Waals surface area (Å²) in [5.41, 5.74) is 1.20. The fourth-order valence-electron chi connectivity index (χ4n) is 1.45. The molecule has 0 bridgehead atoms. The van der Waals surface area contributed by atoms with Gasteiger partial charge in [-0.15, -0.1) is 6.58 Å². The van der Waals surface area contributed by atoms with Gasteiger partial charge in [-0.25, -0.2) is 9.97 Å². The summed E-state index contributed by atoms with van der Waals surface area (Å²) < 4.78 is 0. The minimum Gasteiger partial charge on any atom is -0.308 e. The van der Waals surface area contributed by atoms with Crippen molar-refractivity contribution in [2.75, 3.05) is 6.54 Å². The normalized spacial score (nSPS) is 12.4. The molecule has 3 nitrogen and oxygen atoms in total. The topological polar surface area (TPSA) is 37.8 Å². The van der Waals surface area contributed by atoms with E-state index in [2.05, 4.69) is 35.7 Å². The molecule has 0 saturated heterocycles. The first-order valence-corrected chi connectivity index (χ1v) is 5.38. The number of nitrogens with zero attached hydrogens (tertiary/aromatic N) is 2. The Labute approximate surface area is 91.7 Å². The number of hydrogen-bond acceptors (Lipinski definition) is 3. The number of hydrogen-bond donors (Lipinski definition) is 1. The number of rotatable bonds is 6. The highest BCUT2D eigenvalue weighted by atomic mass is 15.0. The molecular weight excluding hydrogens is 186 g/mol. The molecule has 0 saturated carbocycles. The third kappa shape index (κ3) is 4.21. The van der Waals surface area contributed by atoms with Gasteiger partial charge < -0.3 is 5.32 Å². The van der Waals surface area contributed by atoms with E-state index in [1.54, 1.807) is 12.4 Å². The van der Waals surface area contributed by atoms with Crippen molar-refractivity contribution in [2.45, 2.75) is 32.7 Å². The van der Waals surface area contributed by atoms with Gasteiger partial charge in [-0.05, 0) is 32.4 Å². The van der Waals surface area contributed by atoms with Gasteiger partial charge in [0.25, 0.3) is 0 Å². The van der Waals surface area contributed by atoms with E-state index < -0.39 is 0 Å². The minimum atomic E-state index is 0.243. The van der Waals surface area contributed by atoms with Crippen LogP contribution in [0.15, 0.2) is 30.6 Å². The van der Waals surface area contributed by atoms with Gasteiger partial charge in [-0.1, -0.05) is 12.5 Å². The fourth-order valence-corrected chi connectivity index (χ4v) is 1.45. The molecular formula is C12H19N3. The third-order valence-electron chi connectivity index (χ3n) is 2.21. The molecule has 15 heavy (non-hydrogen) atoms. The molecule has 1 aromatic heterocycles.